The van der Waals surface area contributed by atoms with Gasteiger partial charge in [0.15, 0.2) is 0 Å². The lowest BCUT2D eigenvalue weighted by Gasteiger charge is -2.13. The van der Waals surface area contributed by atoms with Crippen molar-refractivity contribution in [3.05, 3.63) is 47.5 Å². The highest BCUT2D eigenvalue weighted by molar-refractivity contribution is 6.06. The molecule has 130 valence electrons. The first-order chi connectivity index (χ1) is 12.1. The molecule has 6 nitrogen and oxygen atoms in total. The molecule has 0 saturated carbocycles. The van der Waals surface area contributed by atoms with Crippen LogP contribution in [-0.2, 0) is 11.2 Å². The Balaban J connectivity index is 1.85. The Morgan fingerprint density at radius 3 is 2.68 bits per heavy atom. The highest BCUT2D eigenvalue weighted by Gasteiger charge is 2.16. The highest BCUT2D eigenvalue weighted by Crippen LogP contribution is 2.30. The first-order valence-corrected chi connectivity index (χ1v) is 8.07. The Morgan fingerprint density at radius 1 is 1.08 bits per heavy atom. The molecule has 3 rings (SSSR count). The molecule has 2 N–H and O–H groups in total. The minimum atomic E-state index is -0.245. The van der Waals surface area contributed by atoms with E-state index in [1.807, 2.05) is 6.07 Å². The third-order valence-corrected chi connectivity index (χ3v) is 4.15. The third kappa shape index (κ3) is 3.74. The molecule has 1 heterocycles. The van der Waals surface area contributed by atoms with Gasteiger partial charge in [-0.2, -0.15) is 0 Å². The van der Waals surface area contributed by atoms with Gasteiger partial charge in [-0.25, -0.2) is 0 Å². The molecule has 0 bridgehead atoms. The number of rotatable bonds is 4. The lowest BCUT2D eigenvalue weighted by Crippen LogP contribution is -2.14. The number of fused-ring (bicyclic) bond motifs is 1. The highest BCUT2D eigenvalue weighted by atomic mass is 16.5. The number of ether oxygens (including phenoxy) is 2. The largest absolute Gasteiger partial charge is 0.497 e. The van der Waals surface area contributed by atoms with Gasteiger partial charge in [-0.15, -0.1) is 0 Å². The Bertz CT molecular complexity index is 817. The normalized spacial score (nSPS) is 13.3. The second kappa shape index (κ2) is 7.25. The average Bonchev–Trinajstić information content (AvgIpc) is 2.81. The van der Waals surface area contributed by atoms with Crippen LogP contribution >= 0.6 is 0 Å². The van der Waals surface area contributed by atoms with E-state index in [-0.39, 0.29) is 11.8 Å². The first kappa shape index (κ1) is 16.8. The van der Waals surface area contributed by atoms with Gasteiger partial charge in [0.25, 0.3) is 5.91 Å². The van der Waals surface area contributed by atoms with E-state index in [9.17, 15) is 9.59 Å². The van der Waals surface area contributed by atoms with Crippen LogP contribution in [0.2, 0.25) is 0 Å². The topological polar surface area (TPSA) is 76.7 Å². The Morgan fingerprint density at radius 2 is 1.92 bits per heavy atom. The van der Waals surface area contributed by atoms with Gasteiger partial charge in [0.05, 0.1) is 19.9 Å². The standard InChI is InChI=1S/C19H20N2O4/c1-24-14-7-9-17(25-2)16(11-14)21-19(23)13-6-8-15-12(10-13)4-3-5-18(22)20-15/h6-11H,3-5H2,1-2H3,(H,20,22)(H,21,23). The smallest absolute Gasteiger partial charge is 0.255 e. The van der Waals surface area contributed by atoms with E-state index in [1.54, 1.807) is 44.6 Å². The predicted octanol–water partition coefficient (Wildman–Crippen LogP) is 3.23. The molecule has 0 aliphatic carbocycles. The molecule has 0 unspecified atom stereocenters. The van der Waals surface area contributed by atoms with Crippen LogP contribution in [0.4, 0.5) is 11.4 Å². The molecule has 6 heteroatoms. The molecule has 2 aromatic rings. The number of amides is 2. The van der Waals surface area contributed by atoms with Gasteiger partial charge < -0.3 is 20.1 Å². The fourth-order valence-electron chi connectivity index (χ4n) is 2.82. The Labute approximate surface area is 146 Å². The maximum atomic E-state index is 12.6. The van der Waals surface area contributed by atoms with Gasteiger partial charge in [-0.3, -0.25) is 9.59 Å². The number of hydrogen-bond acceptors (Lipinski definition) is 4. The number of carbonyl (C=O) groups excluding carboxylic acids is 2. The summed E-state index contributed by atoms with van der Waals surface area (Å²) in [4.78, 5) is 24.2. The van der Waals surface area contributed by atoms with Gasteiger partial charge in [0, 0.05) is 23.7 Å². The first-order valence-electron chi connectivity index (χ1n) is 8.07. The molecular weight excluding hydrogens is 320 g/mol. The zero-order chi connectivity index (χ0) is 17.8. The lowest BCUT2D eigenvalue weighted by atomic mass is 10.0. The van der Waals surface area contributed by atoms with Crippen molar-refractivity contribution >= 4 is 23.2 Å². The number of hydrogen-bond donors (Lipinski definition) is 2. The van der Waals surface area contributed by atoms with Gasteiger partial charge in [0.1, 0.15) is 11.5 Å². The summed E-state index contributed by atoms with van der Waals surface area (Å²) in [6.07, 6.45) is 2.03. The van der Waals surface area contributed by atoms with Crippen LogP contribution in [-0.4, -0.2) is 26.0 Å². The number of aryl methyl sites for hydroxylation is 1. The van der Waals surface area contributed by atoms with E-state index in [1.165, 1.54) is 0 Å². The fraction of sp³-hybridized carbons (Fsp3) is 0.263. The van der Waals surface area contributed by atoms with E-state index in [4.69, 9.17) is 9.47 Å². The molecule has 0 radical (unpaired) electrons. The Hall–Kier alpha value is -3.02. The van der Waals surface area contributed by atoms with Gasteiger partial charge in [0.2, 0.25) is 5.91 Å². The Kier molecular flexibility index (Phi) is 4.88. The summed E-state index contributed by atoms with van der Waals surface area (Å²) < 4.78 is 10.5. The molecule has 1 aliphatic rings. The van der Waals surface area contributed by atoms with E-state index < -0.39 is 0 Å². The van der Waals surface area contributed by atoms with Crippen molar-refractivity contribution in [1.29, 1.82) is 0 Å². The van der Waals surface area contributed by atoms with E-state index in [0.29, 0.717) is 29.2 Å². The number of carbonyl (C=O) groups is 2. The van der Waals surface area contributed by atoms with E-state index in [2.05, 4.69) is 10.6 Å². The van der Waals surface area contributed by atoms with Crippen LogP contribution < -0.4 is 20.1 Å². The van der Waals surface area contributed by atoms with Gasteiger partial charge >= 0.3 is 0 Å². The van der Waals surface area contributed by atoms with E-state index in [0.717, 1.165) is 24.1 Å². The van der Waals surface area contributed by atoms with Crippen LogP contribution in [0.3, 0.4) is 0 Å². The van der Waals surface area contributed by atoms with Crippen molar-refractivity contribution in [2.24, 2.45) is 0 Å². The maximum absolute atomic E-state index is 12.6. The van der Waals surface area contributed by atoms with Crippen molar-refractivity contribution in [2.75, 3.05) is 24.9 Å². The number of methoxy groups -OCH3 is 2. The average molecular weight is 340 g/mol. The monoisotopic (exact) mass is 340 g/mol. The minimum absolute atomic E-state index is 0.0112. The second-order valence-corrected chi connectivity index (χ2v) is 5.79. The van der Waals surface area contributed by atoms with Gasteiger partial charge in [-0.1, -0.05) is 0 Å². The van der Waals surface area contributed by atoms with Crippen molar-refractivity contribution < 1.29 is 19.1 Å². The van der Waals surface area contributed by atoms with Crippen LogP contribution in [0.25, 0.3) is 0 Å². The predicted molar refractivity (Wildman–Crippen MR) is 95.5 cm³/mol. The summed E-state index contributed by atoms with van der Waals surface area (Å²) in [6.45, 7) is 0. The molecule has 0 aromatic heterocycles. The van der Waals surface area contributed by atoms with Crippen LogP contribution in [0.5, 0.6) is 11.5 Å². The van der Waals surface area contributed by atoms with Crippen molar-refractivity contribution in [1.82, 2.24) is 0 Å². The number of benzene rings is 2. The van der Waals surface area contributed by atoms with Gasteiger partial charge in [-0.05, 0) is 48.7 Å². The molecule has 0 atom stereocenters. The van der Waals surface area contributed by atoms with Crippen molar-refractivity contribution in [3.63, 3.8) is 0 Å². The van der Waals surface area contributed by atoms with Crippen LogP contribution in [0, 0.1) is 0 Å². The summed E-state index contributed by atoms with van der Waals surface area (Å²) in [6, 6.07) is 10.5. The molecule has 0 spiro atoms. The zero-order valence-electron chi connectivity index (χ0n) is 14.2. The maximum Gasteiger partial charge on any atom is 0.255 e. The molecule has 25 heavy (non-hydrogen) atoms. The third-order valence-electron chi connectivity index (χ3n) is 4.15. The van der Waals surface area contributed by atoms with Crippen LogP contribution in [0.15, 0.2) is 36.4 Å². The summed E-state index contributed by atoms with van der Waals surface area (Å²) in [5.74, 6) is 0.943. The van der Waals surface area contributed by atoms with Crippen LogP contribution in [0.1, 0.15) is 28.8 Å². The number of anilines is 2. The molecule has 0 fully saturated rings. The summed E-state index contributed by atoms with van der Waals surface area (Å²) in [5.41, 5.74) is 2.81. The summed E-state index contributed by atoms with van der Waals surface area (Å²) in [7, 11) is 3.11. The molecule has 2 aromatic carbocycles. The quantitative estimate of drug-likeness (QED) is 0.896. The number of nitrogens with one attached hydrogen (secondary N) is 2. The molecule has 1 aliphatic heterocycles. The lowest BCUT2D eigenvalue weighted by molar-refractivity contribution is -0.116. The summed E-state index contributed by atoms with van der Waals surface area (Å²) >= 11 is 0. The zero-order valence-corrected chi connectivity index (χ0v) is 14.2. The van der Waals surface area contributed by atoms with Crippen molar-refractivity contribution in [3.8, 4) is 11.5 Å². The van der Waals surface area contributed by atoms with Crippen molar-refractivity contribution in [2.45, 2.75) is 19.3 Å². The minimum Gasteiger partial charge on any atom is -0.497 e. The fourth-order valence-corrected chi connectivity index (χ4v) is 2.82. The van der Waals surface area contributed by atoms with E-state index >= 15 is 0 Å². The summed E-state index contributed by atoms with van der Waals surface area (Å²) in [5, 5.41) is 5.72. The molecule has 0 saturated heterocycles. The molecular formula is C19H20N2O4. The second-order valence-electron chi connectivity index (χ2n) is 5.79. The SMILES string of the molecule is COc1ccc(OC)c(NC(=O)c2ccc3c(c2)CCCC(=O)N3)c1. The molecule has 2 amide bonds.